The molecule has 5 nitrogen and oxygen atoms in total. The zero-order valence-electron chi connectivity index (χ0n) is 15.1. The van der Waals surface area contributed by atoms with Crippen molar-refractivity contribution >= 4 is 17.0 Å². The van der Waals surface area contributed by atoms with Crippen molar-refractivity contribution in [1.29, 1.82) is 0 Å². The number of hydrogen-bond acceptors (Lipinski definition) is 4. The van der Waals surface area contributed by atoms with Crippen LogP contribution < -0.4 is 0 Å². The van der Waals surface area contributed by atoms with Crippen LogP contribution in [0, 0.1) is 6.92 Å². The SMILES string of the molecule is CC.COC(=O)c1cc(-c2nc3ccncc3[nH]2)c(C2CC2)cc1C. The summed E-state index contributed by atoms with van der Waals surface area (Å²) in [6.07, 6.45) is 5.86. The highest BCUT2D eigenvalue weighted by Crippen LogP contribution is 2.45. The van der Waals surface area contributed by atoms with Crippen molar-refractivity contribution in [3.05, 3.63) is 47.3 Å². The molecule has 0 amide bonds. The second-order valence-electron chi connectivity index (χ2n) is 6.00. The number of nitrogens with zero attached hydrogens (tertiary/aromatic N) is 2. The number of imidazole rings is 1. The second kappa shape index (κ2) is 7.05. The van der Waals surface area contributed by atoms with Gasteiger partial charge in [-0.05, 0) is 48.9 Å². The van der Waals surface area contributed by atoms with Crippen molar-refractivity contribution in [3.63, 3.8) is 0 Å². The van der Waals surface area contributed by atoms with Crippen LogP contribution in [0.5, 0.6) is 0 Å². The molecule has 0 aliphatic heterocycles. The van der Waals surface area contributed by atoms with Gasteiger partial charge in [0, 0.05) is 11.8 Å². The van der Waals surface area contributed by atoms with Gasteiger partial charge in [0.05, 0.1) is 29.9 Å². The average Bonchev–Trinajstić information content (AvgIpc) is 3.41. The second-order valence-corrected chi connectivity index (χ2v) is 6.00. The van der Waals surface area contributed by atoms with Gasteiger partial charge in [-0.1, -0.05) is 19.9 Å². The lowest BCUT2D eigenvalue weighted by atomic mass is 9.95. The number of fused-ring (bicyclic) bond motifs is 1. The number of esters is 1. The Morgan fingerprint density at radius 3 is 2.68 bits per heavy atom. The number of ether oxygens (including phenoxy) is 1. The van der Waals surface area contributed by atoms with Crippen LogP contribution in [0.25, 0.3) is 22.4 Å². The number of aromatic amines is 1. The van der Waals surface area contributed by atoms with E-state index in [-0.39, 0.29) is 5.97 Å². The Balaban J connectivity index is 0.000000880. The van der Waals surface area contributed by atoms with Crippen molar-refractivity contribution in [1.82, 2.24) is 15.0 Å². The van der Waals surface area contributed by atoms with Gasteiger partial charge in [0.15, 0.2) is 0 Å². The number of H-pyrrole nitrogens is 1. The maximum Gasteiger partial charge on any atom is 0.338 e. The molecule has 1 aliphatic carbocycles. The lowest BCUT2D eigenvalue weighted by Gasteiger charge is -2.12. The summed E-state index contributed by atoms with van der Waals surface area (Å²) >= 11 is 0. The number of nitrogens with one attached hydrogen (secondary N) is 1. The summed E-state index contributed by atoms with van der Waals surface area (Å²) in [6.45, 7) is 5.95. The molecule has 0 atom stereocenters. The van der Waals surface area contributed by atoms with Gasteiger partial charge in [-0.3, -0.25) is 4.98 Å². The molecular weight excluding hydrogens is 314 g/mol. The topological polar surface area (TPSA) is 67.9 Å². The van der Waals surface area contributed by atoms with Crippen molar-refractivity contribution in [3.8, 4) is 11.4 Å². The minimum atomic E-state index is -0.316. The van der Waals surface area contributed by atoms with Crippen LogP contribution in [0.4, 0.5) is 0 Å². The van der Waals surface area contributed by atoms with Crippen molar-refractivity contribution in [2.75, 3.05) is 7.11 Å². The number of carbonyl (C=O) groups excluding carboxylic acids is 1. The van der Waals surface area contributed by atoms with Crippen LogP contribution >= 0.6 is 0 Å². The van der Waals surface area contributed by atoms with Gasteiger partial charge < -0.3 is 9.72 Å². The number of pyridine rings is 1. The highest BCUT2D eigenvalue weighted by Gasteiger charge is 2.29. The molecule has 1 saturated carbocycles. The molecule has 4 rings (SSSR count). The van der Waals surface area contributed by atoms with Gasteiger partial charge in [0.25, 0.3) is 0 Å². The fourth-order valence-corrected chi connectivity index (χ4v) is 2.98. The van der Waals surface area contributed by atoms with E-state index in [1.807, 2.05) is 32.9 Å². The first-order valence-corrected chi connectivity index (χ1v) is 8.70. The molecule has 0 unspecified atom stereocenters. The standard InChI is InChI=1S/C18H17N3O2.C2H6/c1-10-7-13(11-3-4-11)14(8-12(10)18(22)23-2)17-20-15-5-6-19-9-16(15)21-17;1-2/h5-9,11H,3-4H2,1-2H3,(H,20,21);1-2H3. The third-order valence-electron chi connectivity index (χ3n) is 4.36. The predicted molar refractivity (Wildman–Crippen MR) is 98.7 cm³/mol. The van der Waals surface area contributed by atoms with Gasteiger partial charge in [-0.15, -0.1) is 0 Å². The summed E-state index contributed by atoms with van der Waals surface area (Å²) in [7, 11) is 1.41. The van der Waals surface area contributed by atoms with Gasteiger partial charge >= 0.3 is 5.97 Å². The molecule has 1 fully saturated rings. The summed E-state index contributed by atoms with van der Waals surface area (Å²) in [5.41, 5.74) is 5.53. The number of methoxy groups -OCH3 is 1. The number of aryl methyl sites for hydroxylation is 1. The molecule has 0 spiro atoms. The normalized spacial score (nSPS) is 13.3. The summed E-state index contributed by atoms with van der Waals surface area (Å²) in [5, 5.41) is 0. The number of benzene rings is 1. The van der Waals surface area contributed by atoms with Crippen LogP contribution in [0.15, 0.2) is 30.6 Å². The fourth-order valence-electron chi connectivity index (χ4n) is 2.98. The van der Waals surface area contributed by atoms with E-state index in [0.717, 1.165) is 28.0 Å². The minimum absolute atomic E-state index is 0.316. The summed E-state index contributed by atoms with van der Waals surface area (Å²) < 4.78 is 4.90. The van der Waals surface area contributed by atoms with Crippen LogP contribution in [0.3, 0.4) is 0 Å². The van der Waals surface area contributed by atoms with Crippen LogP contribution in [0.1, 0.15) is 54.1 Å². The summed E-state index contributed by atoms with van der Waals surface area (Å²) in [6, 6.07) is 5.88. The van der Waals surface area contributed by atoms with Gasteiger partial charge in [-0.2, -0.15) is 0 Å². The first-order chi connectivity index (χ1) is 12.2. The summed E-state index contributed by atoms with van der Waals surface area (Å²) in [4.78, 5) is 24.1. The Morgan fingerprint density at radius 1 is 1.28 bits per heavy atom. The lowest BCUT2D eigenvalue weighted by Crippen LogP contribution is -2.05. The largest absolute Gasteiger partial charge is 0.465 e. The van der Waals surface area contributed by atoms with Gasteiger partial charge in [0.1, 0.15) is 5.82 Å². The maximum atomic E-state index is 12.0. The molecule has 0 saturated heterocycles. The van der Waals surface area contributed by atoms with Gasteiger partial charge in [0.2, 0.25) is 0 Å². The van der Waals surface area contributed by atoms with E-state index in [2.05, 4.69) is 21.0 Å². The molecule has 2 heterocycles. The third-order valence-corrected chi connectivity index (χ3v) is 4.36. The Hall–Kier alpha value is -2.69. The summed E-state index contributed by atoms with van der Waals surface area (Å²) in [5.74, 6) is 1.02. The predicted octanol–water partition coefficient (Wildman–Crippen LogP) is 4.62. The van der Waals surface area contributed by atoms with E-state index in [9.17, 15) is 4.79 Å². The van der Waals surface area contributed by atoms with E-state index in [1.54, 1.807) is 12.4 Å². The first kappa shape index (κ1) is 17.1. The molecule has 0 bridgehead atoms. The Kier molecular flexibility index (Phi) is 4.83. The van der Waals surface area contributed by atoms with Crippen LogP contribution in [-0.2, 0) is 4.74 Å². The zero-order chi connectivity index (χ0) is 18.0. The van der Waals surface area contributed by atoms with Crippen LogP contribution in [-0.4, -0.2) is 28.0 Å². The molecular formula is C20H23N3O2. The Morgan fingerprint density at radius 2 is 2.04 bits per heavy atom. The van der Waals surface area contributed by atoms with Crippen LogP contribution in [0.2, 0.25) is 0 Å². The fraction of sp³-hybridized carbons (Fsp3) is 0.350. The molecule has 130 valence electrons. The monoisotopic (exact) mass is 337 g/mol. The smallest absolute Gasteiger partial charge is 0.338 e. The molecule has 25 heavy (non-hydrogen) atoms. The molecule has 1 aliphatic rings. The number of hydrogen-bond donors (Lipinski definition) is 1. The van der Waals surface area contributed by atoms with E-state index in [0.29, 0.717) is 11.5 Å². The maximum absolute atomic E-state index is 12.0. The minimum Gasteiger partial charge on any atom is -0.465 e. The van der Waals surface area contributed by atoms with Gasteiger partial charge in [-0.25, -0.2) is 9.78 Å². The number of rotatable bonds is 3. The third kappa shape index (κ3) is 3.27. The van der Waals surface area contributed by atoms with Crippen molar-refractivity contribution in [2.45, 2.75) is 39.5 Å². The quantitative estimate of drug-likeness (QED) is 0.708. The number of carbonyl (C=O) groups is 1. The first-order valence-electron chi connectivity index (χ1n) is 8.70. The lowest BCUT2D eigenvalue weighted by molar-refractivity contribution is 0.0600. The Labute approximate surface area is 147 Å². The molecule has 3 aromatic rings. The van der Waals surface area contributed by atoms with Crippen molar-refractivity contribution < 1.29 is 9.53 Å². The highest BCUT2D eigenvalue weighted by molar-refractivity contribution is 5.93. The van der Waals surface area contributed by atoms with E-state index in [1.165, 1.54) is 25.5 Å². The average molecular weight is 337 g/mol. The van der Waals surface area contributed by atoms with Crippen molar-refractivity contribution in [2.24, 2.45) is 0 Å². The number of aromatic nitrogens is 3. The van der Waals surface area contributed by atoms with E-state index >= 15 is 0 Å². The molecule has 1 aromatic carbocycles. The zero-order valence-corrected chi connectivity index (χ0v) is 15.1. The van der Waals surface area contributed by atoms with E-state index in [4.69, 9.17) is 4.74 Å². The highest BCUT2D eigenvalue weighted by atomic mass is 16.5. The molecule has 2 aromatic heterocycles. The molecule has 0 radical (unpaired) electrons. The molecule has 5 heteroatoms. The molecule has 1 N–H and O–H groups in total. The Bertz CT molecular complexity index is 877. The van der Waals surface area contributed by atoms with E-state index < -0.39 is 0 Å².